The Hall–Kier alpha value is -1.70. The van der Waals surface area contributed by atoms with Crippen molar-refractivity contribution in [3.05, 3.63) is 6.33 Å². The van der Waals surface area contributed by atoms with Gasteiger partial charge in [0.15, 0.2) is 11.2 Å². The molecule has 2 aromatic heterocycles. The van der Waals surface area contributed by atoms with Crippen molar-refractivity contribution in [2.75, 3.05) is 5.75 Å². The largest absolute Gasteiger partial charge is 0.353 e. The molecule has 7 nitrogen and oxygen atoms in total. The highest BCUT2D eigenvalue weighted by Crippen LogP contribution is 2.22. The first-order chi connectivity index (χ1) is 10.8. The number of hydrogen-bond donors (Lipinski definition) is 1. The molecule has 2 aromatic rings. The molecule has 22 heavy (non-hydrogen) atoms. The van der Waals surface area contributed by atoms with Crippen LogP contribution in [-0.4, -0.2) is 42.7 Å². The van der Waals surface area contributed by atoms with Crippen LogP contribution in [0.4, 0.5) is 0 Å². The van der Waals surface area contributed by atoms with Crippen molar-refractivity contribution < 1.29 is 4.79 Å². The fourth-order valence-electron chi connectivity index (χ4n) is 2.74. The average molecular weight is 320 g/mol. The van der Waals surface area contributed by atoms with Gasteiger partial charge in [-0.25, -0.2) is 14.6 Å². The first-order valence-electron chi connectivity index (χ1n) is 7.74. The molecule has 1 fully saturated rings. The maximum absolute atomic E-state index is 12.1. The number of aromatic nitrogens is 5. The fraction of sp³-hybridized carbons (Fsp3) is 0.643. The van der Waals surface area contributed by atoms with Gasteiger partial charge in [-0.3, -0.25) is 4.79 Å². The number of aryl methyl sites for hydroxylation is 1. The van der Waals surface area contributed by atoms with E-state index in [1.165, 1.54) is 37.4 Å². The fourth-order valence-corrected chi connectivity index (χ4v) is 3.48. The molecule has 0 spiro atoms. The van der Waals surface area contributed by atoms with Gasteiger partial charge in [-0.15, -0.1) is 5.10 Å². The normalized spacial score (nSPS) is 16.0. The summed E-state index contributed by atoms with van der Waals surface area (Å²) < 4.78 is 1.73. The van der Waals surface area contributed by atoms with Gasteiger partial charge >= 0.3 is 0 Å². The Bertz CT molecular complexity index is 652. The zero-order valence-electron chi connectivity index (χ0n) is 12.7. The molecule has 0 atom stereocenters. The molecule has 1 aliphatic rings. The number of carbonyl (C=O) groups excluding carboxylic acids is 1. The third kappa shape index (κ3) is 3.37. The molecule has 118 valence electrons. The van der Waals surface area contributed by atoms with E-state index >= 15 is 0 Å². The summed E-state index contributed by atoms with van der Waals surface area (Å²) in [5.41, 5.74) is 1.38. The summed E-state index contributed by atoms with van der Waals surface area (Å²) in [5, 5.41) is 12.0. The van der Waals surface area contributed by atoms with Crippen molar-refractivity contribution in [3.8, 4) is 0 Å². The van der Waals surface area contributed by atoms with E-state index in [4.69, 9.17) is 0 Å². The minimum absolute atomic E-state index is 0.0616. The van der Waals surface area contributed by atoms with Crippen molar-refractivity contribution in [1.82, 2.24) is 30.3 Å². The Kier molecular flexibility index (Phi) is 4.87. The van der Waals surface area contributed by atoms with Crippen LogP contribution in [0.3, 0.4) is 0 Å². The number of amides is 1. The summed E-state index contributed by atoms with van der Waals surface area (Å²) in [5.74, 6) is 0.410. The van der Waals surface area contributed by atoms with Gasteiger partial charge in [0.1, 0.15) is 11.4 Å². The number of hydrogen-bond acceptors (Lipinski definition) is 6. The second kappa shape index (κ2) is 7.04. The summed E-state index contributed by atoms with van der Waals surface area (Å²) in [6.07, 6.45) is 7.40. The van der Waals surface area contributed by atoms with Gasteiger partial charge < -0.3 is 5.32 Å². The molecule has 0 unspecified atom stereocenters. The SMILES string of the molecule is CCn1nnc2c(SCC(=O)NC3CCCCC3)ncnc21. The predicted molar refractivity (Wildman–Crippen MR) is 84.5 cm³/mol. The first kappa shape index (κ1) is 15.2. The first-order valence-corrected chi connectivity index (χ1v) is 8.73. The lowest BCUT2D eigenvalue weighted by Gasteiger charge is -2.22. The monoisotopic (exact) mass is 320 g/mol. The van der Waals surface area contributed by atoms with Gasteiger partial charge in [-0.1, -0.05) is 36.2 Å². The lowest BCUT2D eigenvalue weighted by molar-refractivity contribution is -0.119. The predicted octanol–water partition coefficient (Wildman–Crippen LogP) is 1.78. The number of thioether (sulfide) groups is 1. The molecule has 1 saturated carbocycles. The zero-order chi connectivity index (χ0) is 15.4. The second-order valence-electron chi connectivity index (χ2n) is 5.45. The van der Waals surface area contributed by atoms with Crippen LogP contribution in [-0.2, 0) is 11.3 Å². The molecule has 3 rings (SSSR count). The van der Waals surface area contributed by atoms with Gasteiger partial charge in [0.2, 0.25) is 5.91 Å². The van der Waals surface area contributed by atoms with Crippen molar-refractivity contribution in [3.63, 3.8) is 0 Å². The van der Waals surface area contributed by atoms with E-state index in [2.05, 4.69) is 25.6 Å². The third-order valence-electron chi connectivity index (χ3n) is 3.88. The topological polar surface area (TPSA) is 85.6 Å². The molecule has 8 heteroatoms. The van der Waals surface area contributed by atoms with E-state index in [1.807, 2.05) is 6.92 Å². The molecule has 0 saturated heterocycles. The van der Waals surface area contributed by atoms with Crippen molar-refractivity contribution in [1.29, 1.82) is 0 Å². The van der Waals surface area contributed by atoms with Crippen LogP contribution in [0.25, 0.3) is 11.2 Å². The minimum Gasteiger partial charge on any atom is -0.353 e. The number of nitrogens with one attached hydrogen (secondary N) is 1. The average Bonchev–Trinajstić information content (AvgIpc) is 2.97. The Labute approximate surface area is 133 Å². The van der Waals surface area contributed by atoms with E-state index in [-0.39, 0.29) is 5.91 Å². The highest BCUT2D eigenvalue weighted by atomic mass is 32.2. The Balaban J connectivity index is 1.61. The van der Waals surface area contributed by atoms with Crippen LogP contribution in [0.2, 0.25) is 0 Å². The van der Waals surface area contributed by atoms with Crippen LogP contribution in [0, 0.1) is 0 Å². The van der Waals surface area contributed by atoms with Gasteiger partial charge in [-0.2, -0.15) is 0 Å². The van der Waals surface area contributed by atoms with Crippen LogP contribution in [0.15, 0.2) is 11.4 Å². The quantitative estimate of drug-likeness (QED) is 0.667. The summed E-state index contributed by atoms with van der Waals surface area (Å²) in [4.78, 5) is 20.5. The van der Waals surface area contributed by atoms with Crippen molar-refractivity contribution in [2.24, 2.45) is 0 Å². The summed E-state index contributed by atoms with van der Waals surface area (Å²) in [6, 6.07) is 0.341. The molecular weight excluding hydrogens is 300 g/mol. The molecule has 0 bridgehead atoms. The van der Waals surface area contributed by atoms with E-state index < -0.39 is 0 Å². The van der Waals surface area contributed by atoms with Gasteiger partial charge in [-0.05, 0) is 19.8 Å². The second-order valence-corrected chi connectivity index (χ2v) is 6.41. The Morgan fingerprint density at radius 2 is 2.18 bits per heavy atom. The highest BCUT2D eigenvalue weighted by molar-refractivity contribution is 8.00. The smallest absolute Gasteiger partial charge is 0.230 e. The van der Waals surface area contributed by atoms with Crippen molar-refractivity contribution in [2.45, 2.75) is 56.6 Å². The number of carbonyl (C=O) groups is 1. The standard InChI is InChI=1S/C14H20N6OS/c1-2-20-13-12(18-19-20)14(16-9-15-13)22-8-11(21)17-10-6-4-3-5-7-10/h9-10H,2-8H2,1H3,(H,17,21). The Morgan fingerprint density at radius 3 is 2.95 bits per heavy atom. The van der Waals surface area contributed by atoms with Crippen LogP contribution in [0.1, 0.15) is 39.0 Å². The number of rotatable bonds is 5. The van der Waals surface area contributed by atoms with Crippen LogP contribution >= 0.6 is 11.8 Å². The molecule has 2 heterocycles. The van der Waals surface area contributed by atoms with E-state index in [0.29, 0.717) is 34.5 Å². The third-order valence-corrected chi connectivity index (χ3v) is 4.86. The zero-order valence-corrected chi connectivity index (χ0v) is 13.5. The highest BCUT2D eigenvalue weighted by Gasteiger charge is 2.17. The lowest BCUT2D eigenvalue weighted by atomic mass is 9.95. The molecule has 0 aliphatic heterocycles. The van der Waals surface area contributed by atoms with Gasteiger partial charge in [0.05, 0.1) is 5.75 Å². The molecule has 0 radical (unpaired) electrons. The summed E-state index contributed by atoms with van der Waals surface area (Å²) in [6.45, 7) is 2.69. The summed E-state index contributed by atoms with van der Waals surface area (Å²) >= 11 is 1.39. The minimum atomic E-state index is 0.0616. The molecule has 0 aromatic carbocycles. The molecule has 1 N–H and O–H groups in total. The molecule has 1 aliphatic carbocycles. The maximum Gasteiger partial charge on any atom is 0.230 e. The van der Waals surface area contributed by atoms with E-state index in [1.54, 1.807) is 4.68 Å². The van der Waals surface area contributed by atoms with E-state index in [9.17, 15) is 4.79 Å². The van der Waals surface area contributed by atoms with Crippen LogP contribution < -0.4 is 5.32 Å². The maximum atomic E-state index is 12.1. The van der Waals surface area contributed by atoms with Gasteiger partial charge in [0.25, 0.3) is 0 Å². The molecular formula is C14H20N6OS. The van der Waals surface area contributed by atoms with Crippen molar-refractivity contribution >= 4 is 28.8 Å². The van der Waals surface area contributed by atoms with Crippen LogP contribution in [0.5, 0.6) is 0 Å². The Morgan fingerprint density at radius 1 is 1.36 bits per heavy atom. The summed E-state index contributed by atoms with van der Waals surface area (Å²) in [7, 11) is 0. The number of fused-ring (bicyclic) bond motifs is 1. The lowest BCUT2D eigenvalue weighted by Crippen LogP contribution is -2.37. The van der Waals surface area contributed by atoms with Gasteiger partial charge in [0, 0.05) is 12.6 Å². The number of nitrogens with zero attached hydrogens (tertiary/aromatic N) is 5. The molecule has 1 amide bonds. The van der Waals surface area contributed by atoms with E-state index in [0.717, 1.165) is 12.8 Å².